The molecule has 0 saturated heterocycles. The summed E-state index contributed by atoms with van der Waals surface area (Å²) in [6, 6.07) is 0. The van der Waals surface area contributed by atoms with Gasteiger partial charge >= 0.3 is 0 Å². The number of hydrogen-bond donors (Lipinski definition) is 3. The second-order valence-corrected chi connectivity index (χ2v) is 8.25. The van der Waals surface area contributed by atoms with Crippen LogP contribution in [0.5, 0.6) is 0 Å². The van der Waals surface area contributed by atoms with Crippen LogP contribution < -0.4 is 0 Å². The van der Waals surface area contributed by atoms with E-state index in [0.29, 0.717) is 44.9 Å². The van der Waals surface area contributed by atoms with Crippen molar-refractivity contribution in [2.45, 2.75) is 102 Å². The molecule has 2 unspecified atom stereocenters. The zero-order valence-corrected chi connectivity index (χ0v) is 17.1. The Morgan fingerprint density at radius 3 is 2.48 bits per heavy atom. The molecule has 0 spiro atoms. The second-order valence-electron chi connectivity index (χ2n) is 8.25. The minimum Gasteiger partial charge on any atom is -0.396 e. The summed E-state index contributed by atoms with van der Waals surface area (Å²) in [6.45, 7) is 3.97. The molecule has 3 atom stereocenters. The molecule has 1 saturated carbocycles. The molecular formula is C22H38O5. The first-order valence-electron chi connectivity index (χ1n) is 10.6. The molecule has 0 bridgehead atoms. The van der Waals surface area contributed by atoms with E-state index in [4.69, 9.17) is 5.11 Å². The fraction of sp³-hybridized carbons (Fsp3) is 0.818. The molecule has 1 aliphatic carbocycles. The third-order valence-electron chi connectivity index (χ3n) is 5.59. The Bertz CT molecular complexity index is 497. The van der Waals surface area contributed by atoms with Gasteiger partial charge in [0.25, 0.3) is 0 Å². The minimum atomic E-state index is -1.76. The van der Waals surface area contributed by atoms with Gasteiger partial charge in [-0.2, -0.15) is 0 Å². The Morgan fingerprint density at radius 2 is 1.89 bits per heavy atom. The second kappa shape index (κ2) is 11.7. The van der Waals surface area contributed by atoms with Gasteiger partial charge in [0.1, 0.15) is 5.78 Å². The summed E-state index contributed by atoms with van der Waals surface area (Å²) < 4.78 is 0. The zero-order chi connectivity index (χ0) is 20.3. The van der Waals surface area contributed by atoms with E-state index in [9.17, 15) is 19.8 Å². The Hall–Kier alpha value is -1.04. The van der Waals surface area contributed by atoms with Gasteiger partial charge in [-0.3, -0.25) is 9.59 Å². The lowest BCUT2D eigenvalue weighted by atomic mass is 9.79. The summed E-state index contributed by atoms with van der Waals surface area (Å²) in [5.74, 6) is -1.02. The summed E-state index contributed by atoms with van der Waals surface area (Å²) in [5.41, 5.74) is -2.63. The number of aliphatic hydroxyl groups is 3. The number of carbonyl (C=O) groups excluding carboxylic acids is 2. The zero-order valence-electron chi connectivity index (χ0n) is 17.1. The van der Waals surface area contributed by atoms with Gasteiger partial charge in [0, 0.05) is 19.4 Å². The van der Waals surface area contributed by atoms with Crippen molar-refractivity contribution in [3.63, 3.8) is 0 Å². The van der Waals surface area contributed by atoms with Gasteiger partial charge in [0.15, 0.2) is 11.4 Å². The van der Waals surface area contributed by atoms with Crippen molar-refractivity contribution in [2.75, 3.05) is 6.61 Å². The van der Waals surface area contributed by atoms with Crippen LogP contribution in [-0.2, 0) is 9.59 Å². The van der Waals surface area contributed by atoms with Crippen LogP contribution in [-0.4, -0.2) is 44.7 Å². The van der Waals surface area contributed by atoms with Crippen LogP contribution in [0.25, 0.3) is 0 Å². The minimum absolute atomic E-state index is 0.0477. The van der Waals surface area contributed by atoms with Crippen LogP contribution in [0.4, 0.5) is 0 Å². The van der Waals surface area contributed by atoms with Crippen molar-refractivity contribution in [3.05, 3.63) is 12.2 Å². The Balaban J connectivity index is 2.78. The first-order valence-corrected chi connectivity index (χ1v) is 10.6. The lowest BCUT2D eigenvalue weighted by Crippen LogP contribution is -2.46. The van der Waals surface area contributed by atoms with Crippen molar-refractivity contribution in [3.8, 4) is 0 Å². The van der Waals surface area contributed by atoms with Gasteiger partial charge in [0.05, 0.1) is 11.5 Å². The van der Waals surface area contributed by atoms with Gasteiger partial charge in [-0.1, -0.05) is 38.7 Å². The molecule has 0 amide bonds. The number of unbranched alkanes of at least 4 members (excludes halogenated alkanes) is 4. The lowest BCUT2D eigenvalue weighted by molar-refractivity contribution is -0.143. The van der Waals surface area contributed by atoms with Crippen LogP contribution in [0, 0.1) is 5.92 Å². The van der Waals surface area contributed by atoms with E-state index in [1.165, 1.54) is 6.08 Å². The maximum Gasteiger partial charge on any atom is 0.169 e. The van der Waals surface area contributed by atoms with E-state index in [1.807, 2.05) is 0 Å². The molecule has 1 aliphatic rings. The summed E-state index contributed by atoms with van der Waals surface area (Å²) in [5, 5.41) is 30.4. The van der Waals surface area contributed by atoms with Crippen molar-refractivity contribution in [2.24, 2.45) is 5.92 Å². The van der Waals surface area contributed by atoms with Crippen LogP contribution in [0.3, 0.4) is 0 Å². The van der Waals surface area contributed by atoms with Crippen LogP contribution in [0.1, 0.15) is 90.9 Å². The van der Waals surface area contributed by atoms with E-state index < -0.39 is 17.1 Å². The molecule has 0 aromatic carbocycles. The summed E-state index contributed by atoms with van der Waals surface area (Å²) in [6.07, 6.45) is 11.0. The summed E-state index contributed by atoms with van der Waals surface area (Å²) in [4.78, 5) is 25.0. The van der Waals surface area contributed by atoms with Gasteiger partial charge < -0.3 is 15.3 Å². The molecule has 27 heavy (non-hydrogen) atoms. The molecule has 0 radical (unpaired) electrons. The van der Waals surface area contributed by atoms with Gasteiger partial charge in [-0.05, 0) is 51.5 Å². The van der Waals surface area contributed by atoms with E-state index in [-0.39, 0.29) is 24.6 Å². The SMILES string of the molecule is CCCCC(C)(O)CC=CC(O)(C(=O)CCCCCCO)[C@H]1CCCC1=O. The standard InChI is InChI=1S/C22H38O5/c1-3-4-14-21(2,26)15-10-16-22(27,18-11-9-12-19(18)24)20(25)13-7-5-6-8-17-23/h10,16,18,23,26-27H,3-9,11-15,17H2,1-2H3/t18-,21?,22?/m0/s1. The Morgan fingerprint density at radius 1 is 1.19 bits per heavy atom. The van der Waals surface area contributed by atoms with Gasteiger partial charge in [-0.25, -0.2) is 0 Å². The maximum atomic E-state index is 12.8. The molecule has 0 aromatic heterocycles. The Kier molecular flexibility index (Phi) is 10.4. The predicted molar refractivity (Wildman–Crippen MR) is 106 cm³/mol. The highest BCUT2D eigenvalue weighted by Crippen LogP contribution is 2.35. The van der Waals surface area contributed by atoms with E-state index in [1.54, 1.807) is 13.0 Å². The van der Waals surface area contributed by atoms with E-state index in [0.717, 1.165) is 25.7 Å². The van der Waals surface area contributed by atoms with Crippen molar-refractivity contribution < 1.29 is 24.9 Å². The molecule has 0 aliphatic heterocycles. The predicted octanol–water partition coefficient (Wildman–Crippen LogP) is 3.49. The third-order valence-corrected chi connectivity index (χ3v) is 5.59. The van der Waals surface area contributed by atoms with Crippen molar-refractivity contribution in [1.29, 1.82) is 0 Å². The highest BCUT2D eigenvalue weighted by molar-refractivity contribution is 5.97. The number of carbonyl (C=O) groups is 2. The molecule has 3 N–H and O–H groups in total. The smallest absolute Gasteiger partial charge is 0.169 e. The van der Waals surface area contributed by atoms with Crippen molar-refractivity contribution >= 4 is 11.6 Å². The van der Waals surface area contributed by atoms with Gasteiger partial charge in [0.2, 0.25) is 0 Å². The summed E-state index contributed by atoms with van der Waals surface area (Å²) in [7, 11) is 0. The topological polar surface area (TPSA) is 94.8 Å². The molecule has 5 heteroatoms. The third kappa shape index (κ3) is 7.84. The fourth-order valence-corrected chi connectivity index (χ4v) is 3.79. The Labute approximate surface area is 163 Å². The fourth-order valence-electron chi connectivity index (χ4n) is 3.79. The van der Waals surface area contributed by atoms with Crippen LogP contribution in [0.15, 0.2) is 12.2 Å². The molecule has 156 valence electrons. The molecule has 1 fully saturated rings. The van der Waals surface area contributed by atoms with Crippen LogP contribution in [0.2, 0.25) is 0 Å². The lowest BCUT2D eigenvalue weighted by Gasteiger charge is -2.29. The highest BCUT2D eigenvalue weighted by atomic mass is 16.3. The molecule has 5 nitrogen and oxygen atoms in total. The first kappa shape index (κ1) is 24.0. The highest BCUT2D eigenvalue weighted by Gasteiger charge is 2.46. The van der Waals surface area contributed by atoms with E-state index >= 15 is 0 Å². The van der Waals surface area contributed by atoms with Gasteiger partial charge in [-0.15, -0.1) is 0 Å². The van der Waals surface area contributed by atoms with E-state index in [2.05, 4.69) is 6.92 Å². The first-order chi connectivity index (χ1) is 12.8. The summed E-state index contributed by atoms with van der Waals surface area (Å²) >= 11 is 0. The molecule has 1 rings (SSSR count). The van der Waals surface area contributed by atoms with Crippen molar-refractivity contribution in [1.82, 2.24) is 0 Å². The molecular weight excluding hydrogens is 344 g/mol. The molecule has 0 heterocycles. The number of aliphatic hydroxyl groups excluding tert-OH is 1. The normalized spacial score (nSPS) is 22.1. The quantitative estimate of drug-likeness (QED) is 0.316. The van der Waals surface area contributed by atoms with Crippen LogP contribution >= 0.6 is 0 Å². The largest absolute Gasteiger partial charge is 0.396 e. The maximum absolute atomic E-state index is 12.8. The number of hydrogen-bond acceptors (Lipinski definition) is 5. The number of ketones is 2. The monoisotopic (exact) mass is 382 g/mol. The average molecular weight is 383 g/mol. The number of Topliss-reactive ketones (excluding diaryl/α,β-unsaturated/α-hetero) is 2. The molecule has 0 aromatic rings. The average Bonchev–Trinajstić information content (AvgIpc) is 3.06. The number of rotatable bonds is 14.